The molecular formula is C42H28N4O6P2. The topological polar surface area (TPSA) is 145 Å². The molecular weight excluding hydrogens is 718 g/mol. The fraction of sp³-hybridized carbons (Fsp3) is 0. The molecule has 2 N–H and O–H groups in total. The summed E-state index contributed by atoms with van der Waals surface area (Å²) in [6, 6.07) is 45.9. The van der Waals surface area contributed by atoms with Gasteiger partial charge in [-0.3, -0.25) is 0 Å². The van der Waals surface area contributed by atoms with E-state index >= 15 is 0 Å². The lowest BCUT2D eigenvalue weighted by Crippen LogP contribution is -1.93. The van der Waals surface area contributed by atoms with Crippen molar-refractivity contribution in [2.24, 2.45) is 0 Å². The van der Waals surface area contributed by atoms with Crippen molar-refractivity contribution in [2.75, 3.05) is 0 Å². The summed E-state index contributed by atoms with van der Waals surface area (Å²) in [4.78, 5) is 39.1. The largest absolute Gasteiger partial charge is 0.426 e. The Labute approximate surface area is 309 Å². The molecule has 2 unspecified atom stereocenters. The average molecular weight is 747 g/mol. The maximum atomic E-state index is 12.0. The SMILES string of the molecule is O=[PH](O)Oc1ccc(-c2ccc3ccc4ccc(-c5cc(O[PH](=O)O)cc(-c6ccc7ccc8ccc(-c9ccccc9)nc8c7n6)c5)nc4c3n2)cc1. The molecule has 262 valence electrons. The summed E-state index contributed by atoms with van der Waals surface area (Å²) in [5, 5.41) is 3.66. The number of hydrogen-bond acceptors (Lipinski definition) is 8. The highest BCUT2D eigenvalue weighted by Crippen LogP contribution is 2.37. The number of hydrogen-bond donors (Lipinski definition) is 2. The van der Waals surface area contributed by atoms with Crippen molar-refractivity contribution in [1.82, 2.24) is 19.9 Å². The summed E-state index contributed by atoms with van der Waals surface area (Å²) >= 11 is 0. The number of fused-ring (bicyclic) bond motifs is 6. The highest BCUT2D eigenvalue weighted by molar-refractivity contribution is 7.32. The van der Waals surface area contributed by atoms with E-state index in [0.717, 1.165) is 49.4 Å². The van der Waals surface area contributed by atoms with Crippen molar-refractivity contribution < 1.29 is 28.0 Å². The smallest absolute Gasteiger partial charge is 0.365 e. The summed E-state index contributed by atoms with van der Waals surface area (Å²) in [5.74, 6) is 0.498. The van der Waals surface area contributed by atoms with Gasteiger partial charge in [0.25, 0.3) is 0 Å². The summed E-state index contributed by atoms with van der Waals surface area (Å²) in [7, 11) is -6.44. The Kier molecular flexibility index (Phi) is 8.66. The van der Waals surface area contributed by atoms with E-state index in [1.165, 1.54) is 0 Å². The van der Waals surface area contributed by atoms with Crippen LogP contribution < -0.4 is 9.05 Å². The van der Waals surface area contributed by atoms with Crippen LogP contribution in [0.2, 0.25) is 0 Å². The van der Waals surface area contributed by atoms with E-state index in [-0.39, 0.29) is 5.75 Å². The summed E-state index contributed by atoms with van der Waals surface area (Å²) < 4.78 is 33.4. The van der Waals surface area contributed by atoms with E-state index in [9.17, 15) is 14.0 Å². The molecule has 0 bridgehead atoms. The van der Waals surface area contributed by atoms with E-state index in [4.69, 9.17) is 33.9 Å². The molecule has 5 aromatic carbocycles. The van der Waals surface area contributed by atoms with Crippen LogP contribution >= 0.6 is 16.5 Å². The standard InChI is InChI=1S/C42H28N4O6P2/c47-53(48)51-33-16-10-26(11-17-33)36-19-13-28-7-9-30-15-21-38(46-42(30)40(28)44-36)32-22-31(23-34(24-32)52-54(49)50)37-20-14-29-8-6-27-12-18-35(25-4-2-1-3-5-25)43-39(27)41(29)45-37/h1-24,53-54H,(H,47,48)(H,49,50). The number of pyridine rings is 4. The van der Waals surface area contributed by atoms with Crippen molar-refractivity contribution in [1.29, 1.82) is 0 Å². The molecule has 0 saturated heterocycles. The van der Waals surface area contributed by atoms with Crippen LogP contribution in [0.1, 0.15) is 0 Å². The monoisotopic (exact) mass is 746 g/mol. The number of benzene rings is 5. The quantitative estimate of drug-likeness (QED) is 0.114. The van der Waals surface area contributed by atoms with Gasteiger partial charge in [-0.05, 0) is 66.7 Å². The van der Waals surface area contributed by atoms with Crippen molar-refractivity contribution in [2.45, 2.75) is 0 Å². The van der Waals surface area contributed by atoms with Gasteiger partial charge in [-0.1, -0.05) is 78.9 Å². The maximum Gasteiger partial charge on any atom is 0.365 e. The normalized spacial score (nSPS) is 12.6. The molecule has 0 aliphatic carbocycles. The lowest BCUT2D eigenvalue weighted by atomic mass is 10.0. The van der Waals surface area contributed by atoms with E-state index < -0.39 is 16.5 Å². The zero-order valence-corrected chi connectivity index (χ0v) is 30.2. The third kappa shape index (κ3) is 6.60. The Morgan fingerprint density at radius 2 is 0.722 bits per heavy atom. The molecule has 0 spiro atoms. The molecule has 12 heteroatoms. The Balaban J connectivity index is 1.16. The van der Waals surface area contributed by atoms with E-state index in [1.807, 2.05) is 109 Å². The van der Waals surface area contributed by atoms with Crippen LogP contribution in [0.3, 0.4) is 0 Å². The van der Waals surface area contributed by atoms with E-state index in [1.54, 1.807) is 36.4 Å². The van der Waals surface area contributed by atoms with Crippen LogP contribution in [0.25, 0.3) is 88.6 Å². The molecule has 9 aromatic rings. The third-order valence-electron chi connectivity index (χ3n) is 9.17. The van der Waals surface area contributed by atoms with Crippen LogP contribution in [-0.4, -0.2) is 29.7 Å². The molecule has 0 fully saturated rings. The van der Waals surface area contributed by atoms with E-state index in [0.29, 0.717) is 45.0 Å². The molecule has 54 heavy (non-hydrogen) atoms. The van der Waals surface area contributed by atoms with Crippen molar-refractivity contribution >= 4 is 60.1 Å². The second kappa shape index (κ2) is 13.9. The Bertz CT molecular complexity index is 2960. The summed E-state index contributed by atoms with van der Waals surface area (Å²) in [6.07, 6.45) is 0. The average Bonchev–Trinajstić information content (AvgIpc) is 3.20. The summed E-state index contributed by atoms with van der Waals surface area (Å²) in [6.45, 7) is 0. The van der Waals surface area contributed by atoms with Gasteiger partial charge in [-0.2, -0.15) is 0 Å². The molecule has 0 aliphatic rings. The first kappa shape index (κ1) is 33.5. The molecule has 2 atom stereocenters. The number of nitrogens with zero attached hydrogens (tertiary/aromatic N) is 4. The Hall–Kier alpha value is -6.28. The molecule has 4 heterocycles. The van der Waals surface area contributed by atoms with Gasteiger partial charge in [-0.25, -0.2) is 29.1 Å². The van der Waals surface area contributed by atoms with Gasteiger partial charge in [0, 0.05) is 43.8 Å². The van der Waals surface area contributed by atoms with Gasteiger partial charge >= 0.3 is 16.5 Å². The molecule has 0 radical (unpaired) electrons. The van der Waals surface area contributed by atoms with Gasteiger partial charge in [0.05, 0.1) is 44.8 Å². The maximum absolute atomic E-state index is 12.0. The van der Waals surface area contributed by atoms with Crippen molar-refractivity contribution in [3.63, 3.8) is 0 Å². The molecule has 9 rings (SSSR count). The van der Waals surface area contributed by atoms with Crippen LogP contribution in [-0.2, 0) is 9.13 Å². The lowest BCUT2D eigenvalue weighted by Gasteiger charge is -2.12. The lowest BCUT2D eigenvalue weighted by molar-refractivity contribution is 0.409. The second-order valence-electron chi connectivity index (χ2n) is 12.6. The number of rotatable bonds is 8. The second-order valence-corrected chi connectivity index (χ2v) is 14.0. The summed E-state index contributed by atoms with van der Waals surface area (Å²) in [5.41, 5.74) is 8.76. The van der Waals surface area contributed by atoms with Crippen LogP contribution in [0.5, 0.6) is 11.5 Å². The van der Waals surface area contributed by atoms with Crippen LogP contribution in [0.15, 0.2) is 146 Å². The third-order valence-corrected chi connectivity index (χ3v) is 9.99. The molecule has 4 aromatic heterocycles. The van der Waals surface area contributed by atoms with Gasteiger partial charge < -0.3 is 18.8 Å². The Morgan fingerprint density at radius 1 is 0.370 bits per heavy atom. The molecule has 0 amide bonds. The van der Waals surface area contributed by atoms with Crippen molar-refractivity contribution in [3.8, 4) is 56.5 Å². The van der Waals surface area contributed by atoms with Gasteiger partial charge in [-0.15, -0.1) is 0 Å². The van der Waals surface area contributed by atoms with Crippen LogP contribution in [0, 0.1) is 0 Å². The minimum atomic E-state index is -3.32. The zero-order valence-electron chi connectivity index (χ0n) is 28.2. The predicted molar refractivity (Wildman–Crippen MR) is 213 cm³/mol. The fourth-order valence-corrected chi connectivity index (χ4v) is 7.29. The van der Waals surface area contributed by atoms with Gasteiger partial charge in [0.2, 0.25) is 0 Å². The molecule has 0 saturated carbocycles. The minimum Gasteiger partial charge on any atom is -0.426 e. The first-order valence-corrected chi connectivity index (χ1v) is 19.4. The predicted octanol–water partition coefficient (Wildman–Crippen LogP) is 10.1. The van der Waals surface area contributed by atoms with E-state index in [2.05, 4.69) is 0 Å². The van der Waals surface area contributed by atoms with Gasteiger partial charge in [0.15, 0.2) is 0 Å². The zero-order chi connectivity index (χ0) is 36.8. The first-order valence-electron chi connectivity index (χ1n) is 16.9. The highest BCUT2D eigenvalue weighted by atomic mass is 31.1. The molecule has 10 nitrogen and oxygen atoms in total. The number of aromatic nitrogens is 4. The molecule has 0 aliphatic heterocycles. The van der Waals surface area contributed by atoms with Crippen LogP contribution in [0.4, 0.5) is 0 Å². The van der Waals surface area contributed by atoms with Crippen molar-refractivity contribution in [3.05, 3.63) is 146 Å². The highest BCUT2D eigenvalue weighted by Gasteiger charge is 2.15. The Morgan fingerprint density at radius 3 is 1.13 bits per heavy atom. The fourth-order valence-electron chi connectivity index (χ4n) is 6.64. The first-order chi connectivity index (χ1) is 26.3. The van der Waals surface area contributed by atoms with Gasteiger partial charge in [0.1, 0.15) is 11.5 Å². The minimum absolute atomic E-state index is 0.206.